The number of rotatable bonds is 7. The van der Waals surface area contributed by atoms with E-state index in [-0.39, 0.29) is 17.8 Å². The van der Waals surface area contributed by atoms with Crippen molar-refractivity contribution in [2.24, 2.45) is 7.05 Å². The van der Waals surface area contributed by atoms with Crippen LogP contribution < -0.4 is 15.2 Å². The number of sulfonamides is 1. The molecule has 180 valence electrons. The fraction of sp³-hybridized carbons (Fsp3) is 0.154. The summed E-state index contributed by atoms with van der Waals surface area (Å²) in [5.74, 6) is -0.425. The van der Waals surface area contributed by atoms with Crippen LogP contribution in [-0.2, 0) is 23.6 Å². The molecule has 35 heavy (non-hydrogen) atoms. The van der Waals surface area contributed by atoms with Crippen molar-refractivity contribution in [3.05, 3.63) is 112 Å². The van der Waals surface area contributed by atoms with Crippen LogP contribution in [0.2, 0.25) is 0 Å². The summed E-state index contributed by atoms with van der Waals surface area (Å²) >= 11 is 0. The molecule has 0 aliphatic heterocycles. The lowest BCUT2D eigenvalue weighted by Crippen LogP contribution is -2.29. The predicted molar refractivity (Wildman–Crippen MR) is 138 cm³/mol. The average Bonchev–Trinajstić information content (AvgIpc) is 3.06. The van der Waals surface area contributed by atoms with Gasteiger partial charge >= 0.3 is 0 Å². The highest BCUT2D eigenvalue weighted by atomic mass is 32.2. The van der Waals surface area contributed by atoms with Gasteiger partial charge in [0.1, 0.15) is 5.69 Å². The molecule has 0 saturated carbocycles. The zero-order valence-corrected chi connectivity index (χ0v) is 20.5. The number of nitrogens with one attached hydrogen (secondary N) is 1. The first kappa shape index (κ1) is 24.0. The highest BCUT2D eigenvalue weighted by Gasteiger charge is 2.20. The van der Waals surface area contributed by atoms with Crippen LogP contribution in [0.3, 0.4) is 0 Å². The van der Waals surface area contributed by atoms with Crippen molar-refractivity contribution in [3.8, 4) is 5.69 Å². The number of hydrogen-bond acceptors (Lipinski definition) is 4. The van der Waals surface area contributed by atoms with E-state index in [4.69, 9.17) is 0 Å². The second-order valence-corrected chi connectivity index (χ2v) is 10.1. The Labute approximate surface area is 204 Å². The van der Waals surface area contributed by atoms with E-state index in [2.05, 4.69) is 5.32 Å². The van der Waals surface area contributed by atoms with Crippen LogP contribution in [0.15, 0.2) is 89.7 Å². The third-order valence-corrected chi connectivity index (χ3v) is 6.92. The van der Waals surface area contributed by atoms with Crippen LogP contribution in [0, 0.1) is 6.92 Å². The zero-order valence-electron chi connectivity index (χ0n) is 19.7. The average molecular weight is 491 g/mol. The number of carbonyl (C=O) groups is 1. The van der Waals surface area contributed by atoms with Gasteiger partial charge in [0.2, 0.25) is 10.0 Å². The third kappa shape index (κ3) is 5.04. The van der Waals surface area contributed by atoms with Crippen molar-refractivity contribution < 1.29 is 13.2 Å². The Morgan fingerprint density at radius 2 is 1.49 bits per heavy atom. The van der Waals surface area contributed by atoms with Gasteiger partial charge in [-0.05, 0) is 48.9 Å². The number of benzene rings is 3. The number of hydrogen-bond donors (Lipinski definition) is 1. The molecule has 0 unspecified atom stereocenters. The maximum atomic E-state index is 13.0. The lowest BCUT2D eigenvalue weighted by atomic mass is 10.1. The Balaban J connectivity index is 1.55. The van der Waals surface area contributed by atoms with E-state index in [9.17, 15) is 18.0 Å². The van der Waals surface area contributed by atoms with Crippen LogP contribution in [0.25, 0.3) is 5.69 Å². The molecule has 3 aromatic carbocycles. The largest absolute Gasteiger partial charge is 0.316 e. The van der Waals surface area contributed by atoms with Gasteiger partial charge < -0.3 is 5.32 Å². The first-order valence-corrected chi connectivity index (χ1v) is 12.8. The standard InChI is InChI=1S/C26H26N4O4S/c1-19-24(26(32)30(28(19)2)23-12-8-5-9-13-23)27-25(31)21-16-14-20(15-17-21)18-29(35(3,33)34)22-10-6-4-7-11-22/h4-17H,18H2,1-3H3,(H,27,31). The molecule has 0 saturated heterocycles. The summed E-state index contributed by atoms with van der Waals surface area (Å²) in [6, 6.07) is 24.7. The second kappa shape index (κ2) is 9.63. The Hall–Kier alpha value is -4.11. The molecule has 8 nitrogen and oxygen atoms in total. The summed E-state index contributed by atoms with van der Waals surface area (Å²) in [5.41, 5.74) is 2.83. The highest BCUT2D eigenvalue weighted by molar-refractivity contribution is 7.92. The summed E-state index contributed by atoms with van der Waals surface area (Å²) in [4.78, 5) is 26.0. The van der Waals surface area contributed by atoms with Gasteiger partial charge in [-0.25, -0.2) is 13.1 Å². The van der Waals surface area contributed by atoms with Crippen molar-refractivity contribution in [2.75, 3.05) is 15.9 Å². The molecule has 0 aliphatic rings. The Bertz CT molecular complexity index is 1510. The van der Waals surface area contributed by atoms with Gasteiger partial charge in [0.05, 0.1) is 29.9 Å². The molecular formula is C26H26N4O4S. The van der Waals surface area contributed by atoms with Crippen molar-refractivity contribution in [2.45, 2.75) is 13.5 Å². The summed E-state index contributed by atoms with van der Waals surface area (Å²) in [6.45, 7) is 1.90. The molecule has 9 heteroatoms. The fourth-order valence-corrected chi connectivity index (χ4v) is 4.71. The molecule has 1 N–H and O–H groups in total. The van der Waals surface area contributed by atoms with Gasteiger partial charge in [0.15, 0.2) is 0 Å². The fourth-order valence-electron chi connectivity index (χ4n) is 3.82. The molecule has 4 aromatic rings. The number of aromatic nitrogens is 2. The maximum absolute atomic E-state index is 13.0. The molecular weight excluding hydrogens is 464 g/mol. The van der Waals surface area contributed by atoms with Gasteiger partial charge in [0.25, 0.3) is 11.5 Å². The number of carbonyl (C=O) groups excluding carboxylic acids is 1. The summed E-state index contributed by atoms with van der Waals surface area (Å²) in [5, 5.41) is 2.74. The number of anilines is 2. The second-order valence-electron chi connectivity index (χ2n) is 8.19. The smallest absolute Gasteiger partial charge is 0.295 e. The number of amides is 1. The molecule has 0 fully saturated rings. The molecule has 0 aliphatic carbocycles. The summed E-state index contributed by atoms with van der Waals surface area (Å²) in [7, 11) is -1.74. The van der Waals surface area contributed by atoms with Crippen LogP contribution in [-0.4, -0.2) is 29.9 Å². The van der Waals surface area contributed by atoms with Crippen LogP contribution >= 0.6 is 0 Å². The lowest BCUT2D eigenvalue weighted by molar-refractivity contribution is 0.102. The van der Waals surface area contributed by atoms with E-state index in [1.807, 2.05) is 36.4 Å². The Kier molecular flexibility index (Phi) is 6.61. The zero-order chi connectivity index (χ0) is 25.2. The predicted octanol–water partition coefficient (Wildman–Crippen LogP) is 3.70. The summed E-state index contributed by atoms with van der Waals surface area (Å²) in [6.07, 6.45) is 1.16. The Morgan fingerprint density at radius 3 is 2.06 bits per heavy atom. The molecule has 0 radical (unpaired) electrons. The van der Waals surface area contributed by atoms with E-state index in [0.717, 1.165) is 11.8 Å². The lowest BCUT2D eigenvalue weighted by Gasteiger charge is -2.22. The van der Waals surface area contributed by atoms with E-state index >= 15 is 0 Å². The SMILES string of the molecule is Cc1c(NC(=O)c2ccc(CN(c3ccccc3)S(C)(=O)=O)cc2)c(=O)n(-c2ccccc2)n1C. The van der Waals surface area contributed by atoms with Crippen molar-refractivity contribution in [3.63, 3.8) is 0 Å². The molecule has 1 amide bonds. The van der Waals surface area contributed by atoms with Crippen molar-refractivity contribution in [1.82, 2.24) is 9.36 Å². The van der Waals surface area contributed by atoms with Crippen LogP contribution in [0.4, 0.5) is 11.4 Å². The highest BCUT2D eigenvalue weighted by Crippen LogP contribution is 2.21. The molecule has 4 rings (SSSR count). The molecule has 1 heterocycles. The first-order valence-electron chi connectivity index (χ1n) is 10.9. The minimum atomic E-state index is -3.50. The van der Waals surface area contributed by atoms with E-state index in [1.54, 1.807) is 67.2 Å². The third-order valence-electron chi connectivity index (χ3n) is 5.78. The Morgan fingerprint density at radius 1 is 0.914 bits per heavy atom. The van der Waals surface area contributed by atoms with Gasteiger partial charge in [-0.3, -0.25) is 18.6 Å². The monoisotopic (exact) mass is 490 g/mol. The van der Waals surface area contributed by atoms with E-state index < -0.39 is 15.9 Å². The van der Waals surface area contributed by atoms with Gasteiger partial charge in [-0.1, -0.05) is 48.5 Å². The van der Waals surface area contributed by atoms with Gasteiger partial charge in [-0.15, -0.1) is 0 Å². The van der Waals surface area contributed by atoms with E-state index in [1.165, 1.54) is 8.99 Å². The number of nitrogens with zero attached hydrogens (tertiary/aromatic N) is 3. The van der Waals surface area contributed by atoms with Crippen molar-refractivity contribution >= 4 is 27.3 Å². The quantitative estimate of drug-likeness (QED) is 0.428. The normalized spacial score (nSPS) is 11.3. The number of para-hydroxylation sites is 2. The van der Waals surface area contributed by atoms with Gasteiger partial charge in [-0.2, -0.15) is 0 Å². The minimum Gasteiger partial charge on any atom is -0.316 e. The molecule has 1 aromatic heterocycles. The molecule has 0 atom stereocenters. The van der Waals surface area contributed by atoms with Crippen molar-refractivity contribution in [1.29, 1.82) is 0 Å². The van der Waals surface area contributed by atoms with Crippen LogP contribution in [0.1, 0.15) is 21.6 Å². The van der Waals surface area contributed by atoms with E-state index in [0.29, 0.717) is 22.6 Å². The summed E-state index contributed by atoms with van der Waals surface area (Å²) < 4.78 is 29.2. The van der Waals surface area contributed by atoms with Gasteiger partial charge in [0, 0.05) is 12.6 Å². The molecule has 0 spiro atoms. The van der Waals surface area contributed by atoms with Crippen LogP contribution in [0.5, 0.6) is 0 Å². The topological polar surface area (TPSA) is 93.4 Å². The molecule has 0 bridgehead atoms. The maximum Gasteiger partial charge on any atom is 0.295 e. The minimum absolute atomic E-state index is 0.129. The first-order chi connectivity index (χ1) is 16.7.